The number of hydrogen-bond acceptors (Lipinski definition) is 3. The van der Waals surface area contributed by atoms with Crippen molar-refractivity contribution < 1.29 is 13.2 Å². The fourth-order valence-corrected chi connectivity index (χ4v) is 2.22. The SMILES string of the molecule is CCC(CC)C(=O)c1ccc(S(N)(=O)=O)cc1. The van der Waals surface area contributed by atoms with E-state index in [1.165, 1.54) is 24.3 Å². The van der Waals surface area contributed by atoms with Crippen LogP contribution in [0.25, 0.3) is 0 Å². The molecule has 0 saturated carbocycles. The molecular formula is C12H17NO3S. The molecule has 2 N–H and O–H groups in total. The summed E-state index contributed by atoms with van der Waals surface area (Å²) in [5.41, 5.74) is 0.533. The minimum atomic E-state index is -3.69. The zero-order valence-corrected chi connectivity index (χ0v) is 10.8. The highest BCUT2D eigenvalue weighted by atomic mass is 32.2. The third-order valence-corrected chi connectivity index (χ3v) is 3.75. The molecule has 0 atom stereocenters. The van der Waals surface area contributed by atoms with Crippen LogP contribution in [0.5, 0.6) is 0 Å². The van der Waals surface area contributed by atoms with Gasteiger partial charge in [0.1, 0.15) is 0 Å². The van der Waals surface area contributed by atoms with Gasteiger partial charge in [-0.05, 0) is 25.0 Å². The lowest BCUT2D eigenvalue weighted by Crippen LogP contribution is -2.15. The normalized spacial score (nSPS) is 11.8. The number of carbonyl (C=O) groups is 1. The lowest BCUT2D eigenvalue weighted by atomic mass is 9.93. The van der Waals surface area contributed by atoms with Gasteiger partial charge in [0.2, 0.25) is 10.0 Å². The minimum Gasteiger partial charge on any atom is -0.294 e. The molecule has 1 aromatic rings. The topological polar surface area (TPSA) is 77.2 Å². The summed E-state index contributed by atoms with van der Waals surface area (Å²) >= 11 is 0. The van der Waals surface area contributed by atoms with Crippen LogP contribution >= 0.6 is 0 Å². The van der Waals surface area contributed by atoms with Crippen molar-refractivity contribution in [2.24, 2.45) is 11.1 Å². The molecule has 0 heterocycles. The molecule has 0 aliphatic carbocycles. The van der Waals surface area contributed by atoms with Gasteiger partial charge in [0.25, 0.3) is 0 Å². The van der Waals surface area contributed by atoms with Gasteiger partial charge in [-0.15, -0.1) is 0 Å². The molecule has 1 rings (SSSR count). The van der Waals surface area contributed by atoms with Gasteiger partial charge in [-0.3, -0.25) is 4.79 Å². The fourth-order valence-electron chi connectivity index (χ4n) is 1.70. The second-order valence-electron chi connectivity index (χ2n) is 3.95. The lowest BCUT2D eigenvalue weighted by Gasteiger charge is -2.10. The van der Waals surface area contributed by atoms with E-state index < -0.39 is 10.0 Å². The highest BCUT2D eigenvalue weighted by Crippen LogP contribution is 2.17. The summed E-state index contributed by atoms with van der Waals surface area (Å²) in [6.45, 7) is 3.93. The number of nitrogens with two attached hydrogens (primary N) is 1. The average molecular weight is 255 g/mol. The van der Waals surface area contributed by atoms with Crippen molar-refractivity contribution in [3.63, 3.8) is 0 Å². The van der Waals surface area contributed by atoms with Gasteiger partial charge in [0, 0.05) is 11.5 Å². The van der Waals surface area contributed by atoms with E-state index in [4.69, 9.17) is 5.14 Å². The molecule has 0 amide bonds. The van der Waals surface area contributed by atoms with Crippen LogP contribution in [0.3, 0.4) is 0 Å². The van der Waals surface area contributed by atoms with Gasteiger partial charge in [0.05, 0.1) is 4.90 Å². The summed E-state index contributed by atoms with van der Waals surface area (Å²) in [4.78, 5) is 12.0. The van der Waals surface area contributed by atoms with Gasteiger partial charge < -0.3 is 0 Å². The summed E-state index contributed by atoms with van der Waals surface area (Å²) in [7, 11) is -3.69. The predicted molar refractivity (Wildman–Crippen MR) is 66.2 cm³/mol. The Morgan fingerprint density at radius 2 is 1.65 bits per heavy atom. The Bertz CT molecular complexity index is 487. The van der Waals surface area contributed by atoms with E-state index >= 15 is 0 Å². The molecule has 4 nitrogen and oxygen atoms in total. The summed E-state index contributed by atoms with van der Waals surface area (Å²) in [6.07, 6.45) is 1.57. The van der Waals surface area contributed by atoms with E-state index in [0.717, 1.165) is 12.8 Å². The van der Waals surface area contributed by atoms with Gasteiger partial charge in [-0.1, -0.05) is 26.0 Å². The molecular weight excluding hydrogens is 238 g/mol. The first-order valence-electron chi connectivity index (χ1n) is 5.57. The standard InChI is InChI=1S/C12H17NO3S/c1-3-9(4-2)12(14)10-5-7-11(8-6-10)17(13,15)16/h5-9H,3-4H2,1-2H3,(H2,13,15,16). The highest BCUT2D eigenvalue weighted by molar-refractivity contribution is 7.89. The number of benzene rings is 1. The first kappa shape index (κ1) is 13.9. The monoisotopic (exact) mass is 255 g/mol. The first-order valence-corrected chi connectivity index (χ1v) is 7.11. The van der Waals surface area contributed by atoms with E-state index in [1.807, 2.05) is 13.8 Å². The first-order chi connectivity index (χ1) is 7.90. The number of carbonyl (C=O) groups excluding carboxylic acids is 1. The molecule has 17 heavy (non-hydrogen) atoms. The zero-order valence-electron chi connectivity index (χ0n) is 10.0. The van der Waals surface area contributed by atoms with E-state index in [-0.39, 0.29) is 16.6 Å². The molecule has 0 aliphatic rings. The number of primary sulfonamides is 1. The van der Waals surface area contributed by atoms with Crippen LogP contribution in [0, 0.1) is 5.92 Å². The van der Waals surface area contributed by atoms with E-state index in [9.17, 15) is 13.2 Å². The molecule has 0 unspecified atom stereocenters. The molecule has 0 bridgehead atoms. The Kier molecular flexibility index (Phi) is 4.42. The predicted octanol–water partition coefficient (Wildman–Crippen LogP) is 1.95. The van der Waals surface area contributed by atoms with Crippen molar-refractivity contribution >= 4 is 15.8 Å². The van der Waals surface area contributed by atoms with Crippen molar-refractivity contribution in [3.8, 4) is 0 Å². The van der Waals surface area contributed by atoms with Crippen molar-refractivity contribution in [1.82, 2.24) is 0 Å². The molecule has 0 saturated heterocycles. The minimum absolute atomic E-state index is 0.00432. The van der Waals surface area contributed by atoms with E-state index in [1.54, 1.807) is 0 Å². The number of sulfonamides is 1. The third kappa shape index (κ3) is 3.38. The Labute approximate surface area is 102 Å². The van der Waals surface area contributed by atoms with Crippen molar-refractivity contribution in [2.45, 2.75) is 31.6 Å². The zero-order chi connectivity index (χ0) is 13.1. The summed E-state index contributed by atoms with van der Waals surface area (Å²) < 4.78 is 22.1. The maximum atomic E-state index is 12.0. The number of Topliss-reactive ketones (excluding diaryl/α,β-unsaturated/α-hetero) is 1. The Morgan fingerprint density at radius 3 is 2.00 bits per heavy atom. The maximum absolute atomic E-state index is 12.0. The average Bonchev–Trinajstić information content (AvgIpc) is 2.29. The number of hydrogen-bond donors (Lipinski definition) is 1. The Morgan fingerprint density at radius 1 is 1.18 bits per heavy atom. The highest BCUT2D eigenvalue weighted by Gasteiger charge is 2.17. The second kappa shape index (κ2) is 5.42. The van der Waals surface area contributed by atoms with Crippen molar-refractivity contribution in [1.29, 1.82) is 0 Å². The van der Waals surface area contributed by atoms with Gasteiger partial charge in [-0.2, -0.15) is 0 Å². The molecule has 94 valence electrons. The second-order valence-corrected chi connectivity index (χ2v) is 5.51. The van der Waals surface area contributed by atoms with Crippen LogP contribution in [-0.2, 0) is 10.0 Å². The van der Waals surface area contributed by atoms with Gasteiger partial charge >= 0.3 is 0 Å². The van der Waals surface area contributed by atoms with Crippen LogP contribution in [0.15, 0.2) is 29.2 Å². The smallest absolute Gasteiger partial charge is 0.238 e. The molecule has 5 heteroatoms. The van der Waals surface area contributed by atoms with Crippen LogP contribution in [-0.4, -0.2) is 14.2 Å². The molecule has 0 aliphatic heterocycles. The summed E-state index contributed by atoms with van der Waals surface area (Å²) in [5, 5.41) is 4.98. The maximum Gasteiger partial charge on any atom is 0.238 e. The fraction of sp³-hybridized carbons (Fsp3) is 0.417. The molecule has 1 aromatic carbocycles. The number of rotatable bonds is 5. The number of ketones is 1. The molecule has 0 aromatic heterocycles. The lowest BCUT2D eigenvalue weighted by molar-refractivity contribution is 0.0913. The van der Waals surface area contributed by atoms with Crippen molar-refractivity contribution in [2.75, 3.05) is 0 Å². The molecule has 0 radical (unpaired) electrons. The van der Waals surface area contributed by atoms with E-state index in [0.29, 0.717) is 5.56 Å². The Balaban J connectivity index is 2.99. The van der Waals surface area contributed by atoms with E-state index in [2.05, 4.69) is 0 Å². The third-order valence-electron chi connectivity index (χ3n) is 2.82. The van der Waals surface area contributed by atoms with Crippen LogP contribution in [0.2, 0.25) is 0 Å². The van der Waals surface area contributed by atoms with Gasteiger partial charge in [0.15, 0.2) is 5.78 Å². The summed E-state index contributed by atoms with van der Waals surface area (Å²) in [6, 6.07) is 5.76. The van der Waals surface area contributed by atoms with Crippen LogP contribution in [0.4, 0.5) is 0 Å². The van der Waals surface area contributed by atoms with Crippen LogP contribution < -0.4 is 5.14 Å². The molecule has 0 fully saturated rings. The largest absolute Gasteiger partial charge is 0.294 e. The van der Waals surface area contributed by atoms with Gasteiger partial charge in [-0.25, -0.2) is 13.6 Å². The summed E-state index contributed by atoms with van der Waals surface area (Å²) in [5.74, 6) is 0.0475. The quantitative estimate of drug-likeness (QED) is 0.817. The molecule has 0 spiro atoms. The van der Waals surface area contributed by atoms with Crippen molar-refractivity contribution in [3.05, 3.63) is 29.8 Å². The Hall–Kier alpha value is -1.20. The van der Waals surface area contributed by atoms with Crippen LogP contribution in [0.1, 0.15) is 37.0 Å².